The van der Waals surface area contributed by atoms with Crippen molar-refractivity contribution in [2.75, 3.05) is 20.7 Å². The Balaban J connectivity index is 2.76. The molecule has 1 N–H and O–H groups in total. The van der Waals surface area contributed by atoms with E-state index in [9.17, 15) is 4.79 Å². The summed E-state index contributed by atoms with van der Waals surface area (Å²) in [6.07, 6.45) is 0. The highest BCUT2D eigenvalue weighted by Gasteiger charge is 2.10. The Morgan fingerprint density at radius 3 is 2.75 bits per heavy atom. The van der Waals surface area contributed by atoms with E-state index in [-0.39, 0.29) is 19.1 Å². The van der Waals surface area contributed by atoms with Crippen LogP contribution in [0.1, 0.15) is 5.56 Å². The summed E-state index contributed by atoms with van der Waals surface area (Å²) in [6.45, 7) is -0.159. The number of hydrogen-bond donors (Lipinski definition) is 1. The lowest BCUT2D eigenvalue weighted by Gasteiger charge is -2.14. The number of rotatable bonds is 4. The molecule has 0 radical (unpaired) electrons. The van der Waals surface area contributed by atoms with Gasteiger partial charge in [0.2, 0.25) is 0 Å². The molecule has 0 aliphatic rings. The molecule has 16 heavy (non-hydrogen) atoms. The predicted molar refractivity (Wildman–Crippen MR) is 64.3 cm³/mol. The summed E-state index contributed by atoms with van der Waals surface area (Å²) >= 11 is 3.31. The van der Waals surface area contributed by atoms with Gasteiger partial charge in [0.15, 0.2) is 6.61 Å². The highest BCUT2D eigenvalue weighted by molar-refractivity contribution is 9.10. The van der Waals surface area contributed by atoms with E-state index in [0.717, 1.165) is 4.47 Å². The number of likely N-dealkylation sites (N-methyl/N-ethyl adjacent to an activating group) is 1. The van der Waals surface area contributed by atoms with Crippen molar-refractivity contribution in [1.29, 1.82) is 0 Å². The maximum absolute atomic E-state index is 11.4. The van der Waals surface area contributed by atoms with Crippen LogP contribution < -0.4 is 4.74 Å². The van der Waals surface area contributed by atoms with Gasteiger partial charge in [-0.25, -0.2) is 0 Å². The Labute approximate surface area is 103 Å². The fourth-order valence-electron chi connectivity index (χ4n) is 1.10. The minimum atomic E-state index is -0.125. The Kier molecular flexibility index (Phi) is 4.76. The molecule has 1 aromatic rings. The number of aliphatic hydroxyl groups excluding tert-OH is 1. The van der Waals surface area contributed by atoms with Crippen LogP contribution in [-0.2, 0) is 11.4 Å². The van der Waals surface area contributed by atoms with Crippen molar-refractivity contribution in [3.8, 4) is 5.75 Å². The first kappa shape index (κ1) is 13.0. The molecule has 0 heterocycles. The quantitative estimate of drug-likeness (QED) is 0.911. The SMILES string of the molecule is CN(C)C(=O)COc1c(Br)cccc1CO. The van der Waals surface area contributed by atoms with E-state index in [1.807, 2.05) is 0 Å². The van der Waals surface area contributed by atoms with Crippen LogP contribution in [0, 0.1) is 0 Å². The number of aliphatic hydroxyl groups is 1. The first-order valence-corrected chi connectivity index (χ1v) is 5.56. The third-order valence-electron chi connectivity index (χ3n) is 2.06. The van der Waals surface area contributed by atoms with Gasteiger partial charge in [-0.15, -0.1) is 0 Å². The number of hydrogen-bond acceptors (Lipinski definition) is 3. The topological polar surface area (TPSA) is 49.8 Å². The Bertz CT molecular complexity index is 379. The number of carbonyl (C=O) groups excluding carboxylic acids is 1. The largest absolute Gasteiger partial charge is 0.482 e. The summed E-state index contributed by atoms with van der Waals surface area (Å²) in [5.74, 6) is 0.389. The normalized spacial score (nSPS) is 10.0. The van der Waals surface area contributed by atoms with Crippen molar-refractivity contribution in [3.05, 3.63) is 28.2 Å². The minimum Gasteiger partial charge on any atom is -0.482 e. The minimum absolute atomic E-state index is 0.0391. The van der Waals surface area contributed by atoms with Crippen LogP contribution in [-0.4, -0.2) is 36.6 Å². The summed E-state index contributed by atoms with van der Waals surface area (Å²) in [6, 6.07) is 5.35. The van der Waals surface area contributed by atoms with Gasteiger partial charge in [0.05, 0.1) is 11.1 Å². The van der Waals surface area contributed by atoms with Crippen LogP contribution in [0.15, 0.2) is 22.7 Å². The summed E-state index contributed by atoms with van der Waals surface area (Å²) in [7, 11) is 3.33. The number of ether oxygens (including phenoxy) is 1. The molecule has 1 rings (SSSR count). The molecular formula is C11H14BrNO3. The van der Waals surface area contributed by atoms with Gasteiger partial charge in [0.25, 0.3) is 5.91 Å². The van der Waals surface area contributed by atoms with Gasteiger partial charge < -0.3 is 14.7 Å². The van der Waals surface area contributed by atoms with E-state index < -0.39 is 0 Å². The summed E-state index contributed by atoms with van der Waals surface area (Å²) in [4.78, 5) is 12.8. The van der Waals surface area contributed by atoms with Crippen LogP contribution in [0.2, 0.25) is 0 Å². The molecule has 0 aliphatic heterocycles. The van der Waals surface area contributed by atoms with Crippen molar-refractivity contribution in [1.82, 2.24) is 4.90 Å². The average molecular weight is 288 g/mol. The van der Waals surface area contributed by atoms with Crippen LogP contribution in [0.25, 0.3) is 0 Å². The van der Waals surface area contributed by atoms with E-state index in [2.05, 4.69) is 15.9 Å². The number of benzene rings is 1. The molecule has 4 nitrogen and oxygen atoms in total. The lowest BCUT2D eigenvalue weighted by molar-refractivity contribution is -0.130. The van der Waals surface area contributed by atoms with Gasteiger partial charge in [0, 0.05) is 19.7 Å². The van der Waals surface area contributed by atoms with E-state index in [1.165, 1.54) is 4.90 Å². The first-order valence-electron chi connectivity index (χ1n) is 4.77. The van der Waals surface area contributed by atoms with Gasteiger partial charge >= 0.3 is 0 Å². The van der Waals surface area contributed by atoms with Gasteiger partial charge in [0.1, 0.15) is 5.75 Å². The number of halogens is 1. The lowest BCUT2D eigenvalue weighted by atomic mass is 10.2. The molecule has 0 aromatic heterocycles. The fourth-order valence-corrected chi connectivity index (χ4v) is 1.62. The number of carbonyl (C=O) groups is 1. The molecule has 0 atom stereocenters. The molecule has 0 bridgehead atoms. The Morgan fingerprint density at radius 2 is 2.19 bits per heavy atom. The molecule has 0 aliphatic carbocycles. The average Bonchev–Trinajstić information content (AvgIpc) is 2.26. The Hall–Kier alpha value is -1.07. The maximum atomic E-state index is 11.4. The zero-order valence-corrected chi connectivity index (χ0v) is 10.8. The first-order chi connectivity index (χ1) is 7.56. The maximum Gasteiger partial charge on any atom is 0.259 e. The fraction of sp³-hybridized carbons (Fsp3) is 0.364. The second-order valence-electron chi connectivity index (χ2n) is 3.46. The number of para-hydroxylation sites is 1. The van der Waals surface area contributed by atoms with Gasteiger partial charge in [-0.1, -0.05) is 12.1 Å². The molecule has 0 unspecified atom stereocenters. The molecular weight excluding hydrogens is 274 g/mol. The zero-order valence-electron chi connectivity index (χ0n) is 9.24. The third kappa shape index (κ3) is 3.21. The van der Waals surface area contributed by atoms with E-state index in [4.69, 9.17) is 9.84 Å². The summed E-state index contributed by atoms with van der Waals surface area (Å²) < 4.78 is 6.11. The molecule has 0 fully saturated rings. The van der Waals surface area contributed by atoms with E-state index in [1.54, 1.807) is 32.3 Å². The van der Waals surface area contributed by atoms with Crippen molar-refractivity contribution in [2.24, 2.45) is 0 Å². The smallest absolute Gasteiger partial charge is 0.259 e. The molecule has 1 amide bonds. The van der Waals surface area contributed by atoms with E-state index in [0.29, 0.717) is 11.3 Å². The van der Waals surface area contributed by atoms with Crippen LogP contribution >= 0.6 is 15.9 Å². The predicted octanol–water partition coefficient (Wildman–Crippen LogP) is 1.41. The van der Waals surface area contributed by atoms with Crippen LogP contribution in [0.5, 0.6) is 5.75 Å². The zero-order chi connectivity index (χ0) is 12.1. The molecule has 88 valence electrons. The highest BCUT2D eigenvalue weighted by Crippen LogP contribution is 2.28. The van der Waals surface area contributed by atoms with Gasteiger partial charge in [-0.3, -0.25) is 4.79 Å². The van der Waals surface area contributed by atoms with Crippen molar-refractivity contribution < 1.29 is 14.6 Å². The standard InChI is InChI=1S/C11H14BrNO3/c1-13(2)10(15)7-16-11-8(6-14)4-3-5-9(11)12/h3-5,14H,6-7H2,1-2H3. The lowest BCUT2D eigenvalue weighted by Crippen LogP contribution is -2.27. The molecule has 1 aromatic carbocycles. The van der Waals surface area contributed by atoms with Crippen molar-refractivity contribution in [2.45, 2.75) is 6.61 Å². The summed E-state index contributed by atoms with van der Waals surface area (Å²) in [5, 5.41) is 9.12. The molecule has 0 spiro atoms. The van der Waals surface area contributed by atoms with Gasteiger partial charge in [-0.05, 0) is 22.0 Å². The second-order valence-corrected chi connectivity index (χ2v) is 4.32. The van der Waals surface area contributed by atoms with Gasteiger partial charge in [-0.2, -0.15) is 0 Å². The Morgan fingerprint density at radius 1 is 1.50 bits per heavy atom. The van der Waals surface area contributed by atoms with E-state index >= 15 is 0 Å². The molecule has 0 saturated carbocycles. The summed E-state index contributed by atoms with van der Waals surface area (Å²) in [5.41, 5.74) is 0.654. The van der Waals surface area contributed by atoms with Crippen molar-refractivity contribution >= 4 is 21.8 Å². The molecule has 5 heteroatoms. The van der Waals surface area contributed by atoms with Crippen LogP contribution in [0.4, 0.5) is 0 Å². The van der Waals surface area contributed by atoms with Crippen molar-refractivity contribution in [3.63, 3.8) is 0 Å². The third-order valence-corrected chi connectivity index (χ3v) is 2.68. The number of nitrogens with zero attached hydrogens (tertiary/aromatic N) is 1. The van der Waals surface area contributed by atoms with Crippen LogP contribution in [0.3, 0.4) is 0 Å². The monoisotopic (exact) mass is 287 g/mol. The highest BCUT2D eigenvalue weighted by atomic mass is 79.9. The number of amides is 1. The molecule has 0 saturated heterocycles. The second kappa shape index (κ2) is 5.86.